The SMILES string of the molecule is CCC(CC)(CO)NC(=O)C(F)(F)F. The summed E-state index contributed by atoms with van der Waals surface area (Å²) in [5.41, 5.74) is -1.16. The Kier molecular flexibility index (Phi) is 4.38. The molecule has 0 radical (unpaired) electrons. The van der Waals surface area contributed by atoms with E-state index in [0.29, 0.717) is 0 Å². The number of hydrogen-bond acceptors (Lipinski definition) is 2. The minimum Gasteiger partial charge on any atom is -0.394 e. The van der Waals surface area contributed by atoms with Crippen molar-refractivity contribution in [3.8, 4) is 0 Å². The van der Waals surface area contributed by atoms with Crippen LogP contribution in [0.5, 0.6) is 0 Å². The Morgan fingerprint density at radius 2 is 1.71 bits per heavy atom. The number of nitrogens with one attached hydrogen (secondary N) is 1. The van der Waals surface area contributed by atoms with Gasteiger partial charge in [0.05, 0.1) is 12.1 Å². The predicted molar refractivity (Wildman–Crippen MR) is 44.6 cm³/mol. The van der Waals surface area contributed by atoms with Gasteiger partial charge in [0.25, 0.3) is 0 Å². The summed E-state index contributed by atoms with van der Waals surface area (Å²) in [6.07, 6.45) is -4.39. The quantitative estimate of drug-likeness (QED) is 0.737. The molecule has 0 aromatic rings. The molecule has 2 N–H and O–H groups in total. The molecule has 14 heavy (non-hydrogen) atoms. The van der Waals surface area contributed by atoms with Crippen LogP contribution < -0.4 is 5.32 Å². The lowest BCUT2D eigenvalue weighted by Gasteiger charge is -2.30. The fourth-order valence-corrected chi connectivity index (χ4v) is 1.00. The first kappa shape index (κ1) is 13.2. The minimum absolute atomic E-state index is 0.252. The molecule has 0 spiro atoms. The number of hydrogen-bond donors (Lipinski definition) is 2. The summed E-state index contributed by atoms with van der Waals surface area (Å²) in [6.45, 7) is 2.72. The Hall–Kier alpha value is -0.780. The summed E-state index contributed by atoms with van der Waals surface area (Å²) < 4.78 is 35.7. The van der Waals surface area contributed by atoms with Crippen molar-refractivity contribution >= 4 is 5.91 Å². The summed E-state index contributed by atoms with van der Waals surface area (Å²) in [5.74, 6) is -2.00. The summed E-state index contributed by atoms with van der Waals surface area (Å²) in [6, 6.07) is 0. The van der Waals surface area contributed by atoms with Gasteiger partial charge in [-0.1, -0.05) is 13.8 Å². The number of aliphatic hydroxyl groups excluding tert-OH is 1. The van der Waals surface area contributed by atoms with Crippen LogP contribution in [-0.4, -0.2) is 29.3 Å². The highest BCUT2D eigenvalue weighted by molar-refractivity contribution is 5.82. The summed E-state index contributed by atoms with van der Waals surface area (Å²) in [7, 11) is 0. The van der Waals surface area contributed by atoms with Gasteiger partial charge in [0, 0.05) is 0 Å². The van der Waals surface area contributed by atoms with Gasteiger partial charge in [-0.3, -0.25) is 4.79 Å². The second-order valence-corrected chi connectivity index (χ2v) is 3.10. The van der Waals surface area contributed by atoms with Crippen molar-refractivity contribution < 1.29 is 23.1 Å². The van der Waals surface area contributed by atoms with Gasteiger partial charge in [-0.05, 0) is 12.8 Å². The molecule has 3 nitrogen and oxygen atoms in total. The second-order valence-electron chi connectivity index (χ2n) is 3.10. The molecule has 0 aliphatic rings. The van der Waals surface area contributed by atoms with Crippen LogP contribution in [0.3, 0.4) is 0 Å². The van der Waals surface area contributed by atoms with Gasteiger partial charge in [0.15, 0.2) is 0 Å². The summed E-state index contributed by atoms with van der Waals surface area (Å²) in [5, 5.41) is 10.7. The lowest BCUT2D eigenvalue weighted by molar-refractivity contribution is -0.176. The van der Waals surface area contributed by atoms with Gasteiger partial charge < -0.3 is 10.4 Å². The van der Waals surface area contributed by atoms with E-state index in [4.69, 9.17) is 5.11 Å². The van der Waals surface area contributed by atoms with E-state index in [1.165, 1.54) is 0 Å². The average molecular weight is 213 g/mol. The van der Waals surface area contributed by atoms with Gasteiger partial charge in [-0.25, -0.2) is 0 Å². The van der Waals surface area contributed by atoms with Crippen molar-refractivity contribution in [1.82, 2.24) is 5.32 Å². The Morgan fingerprint density at radius 3 is 1.93 bits per heavy atom. The molecule has 0 saturated carbocycles. The molecule has 0 rings (SSSR count). The van der Waals surface area contributed by atoms with Gasteiger partial charge in [0.1, 0.15) is 0 Å². The largest absolute Gasteiger partial charge is 0.471 e. The molecule has 0 aliphatic heterocycles. The molecule has 0 atom stereocenters. The van der Waals surface area contributed by atoms with Gasteiger partial charge in [0.2, 0.25) is 0 Å². The van der Waals surface area contributed by atoms with Crippen molar-refractivity contribution in [3.05, 3.63) is 0 Å². The molecule has 84 valence electrons. The molecule has 0 aromatic carbocycles. The minimum atomic E-state index is -4.90. The number of carbonyl (C=O) groups excluding carboxylic acids is 1. The summed E-state index contributed by atoms with van der Waals surface area (Å²) in [4.78, 5) is 10.6. The molecule has 6 heteroatoms. The van der Waals surface area contributed by atoms with Crippen molar-refractivity contribution in [1.29, 1.82) is 0 Å². The van der Waals surface area contributed by atoms with Gasteiger partial charge >= 0.3 is 12.1 Å². The van der Waals surface area contributed by atoms with Crippen LogP contribution >= 0.6 is 0 Å². The number of aliphatic hydroxyl groups is 1. The predicted octanol–water partition coefficient (Wildman–Crippen LogP) is 1.22. The first-order valence-corrected chi connectivity index (χ1v) is 4.31. The third-order valence-corrected chi connectivity index (χ3v) is 2.29. The fourth-order valence-electron chi connectivity index (χ4n) is 1.00. The number of alkyl halides is 3. The van der Waals surface area contributed by atoms with Gasteiger partial charge in [-0.15, -0.1) is 0 Å². The maximum absolute atomic E-state index is 11.9. The second kappa shape index (κ2) is 4.63. The lowest BCUT2D eigenvalue weighted by atomic mass is 9.94. The first-order valence-electron chi connectivity index (χ1n) is 4.31. The van der Waals surface area contributed by atoms with E-state index in [1.54, 1.807) is 19.2 Å². The fraction of sp³-hybridized carbons (Fsp3) is 0.875. The number of carbonyl (C=O) groups is 1. The van der Waals surface area contributed by atoms with Crippen LogP contribution in [0.25, 0.3) is 0 Å². The topological polar surface area (TPSA) is 49.3 Å². The zero-order chi connectivity index (χ0) is 11.4. The summed E-state index contributed by atoms with van der Waals surface area (Å²) >= 11 is 0. The van der Waals surface area contributed by atoms with E-state index < -0.39 is 24.2 Å². The molecule has 0 saturated heterocycles. The average Bonchev–Trinajstić information content (AvgIpc) is 2.12. The zero-order valence-electron chi connectivity index (χ0n) is 8.11. The van der Waals surface area contributed by atoms with E-state index in [1.807, 2.05) is 0 Å². The Bertz CT molecular complexity index is 191. The highest BCUT2D eigenvalue weighted by Gasteiger charge is 2.42. The van der Waals surface area contributed by atoms with Crippen molar-refractivity contribution in [2.24, 2.45) is 0 Å². The van der Waals surface area contributed by atoms with Crippen LogP contribution in [0.4, 0.5) is 13.2 Å². The van der Waals surface area contributed by atoms with E-state index >= 15 is 0 Å². The standard InChI is InChI=1S/C8H14F3NO2/c1-3-7(4-2,5-13)12-6(14)8(9,10)11/h13H,3-5H2,1-2H3,(H,12,14). The molecule has 0 aromatic heterocycles. The maximum Gasteiger partial charge on any atom is 0.471 e. The maximum atomic E-state index is 11.9. The Labute approximate surface area is 80.3 Å². The zero-order valence-corrected chi connectivity index (χ0v) is 8.11. The molecule has 0 heterocycles. The van der Waals surface area contributed by atoms with E-state index in [9.17, 15) is 18.0 Å². The highest BCUT2D eigenvalue weighted by atomic mass is 19.4. The van der Waals surface area contributed by atoms with Gasteiger partial charge in [-0.2, -0.15) is 13.2 Å². The smallest absolute Gasteiger partial charge is 0.394 e. The van der Waals surface area contributed by atoms with E-state index in [-0.39, 0.29) is 12.8 Å². The van der Waals surface area contributed by atoms with Crippen molar-refractivity contribution in [2.75, 3.05) is 6.61 Å². The van der Waals surface area contributed by atoms with Crippen LogP contribution in [0.15, 0.2) is 0 Å². The van der Waals surface area contributed by atoms with E-state index in [0.717, 1.165) is 0 Å². The first-order chi connectivity index (χ1) is 6.31. The number of rotatable bonds is 4. The molecular formula is C8H14F3NO2. The molecule has 0 aliphatic carbocycles. The Morgan fingerprint density at radius 1 is 1.29 bits per heavy atom. The van der Waals surface area contributed by atoms with E-state index in [2.05, 4.69) is 0 Å². The monoisotopic (exact) mass is 213 g/mol. The number of halogens is 3. The van der Waals surface area contributed by atoms with Crippen LogP contribution in [-0.2, 0) is 4.79 Å². The third-order valence-electron chi connectivity index (χ3n) is 2.29. The normalized spacial score (nSPS) is 12.7. The van der Waals surface area contributed by atoms with Crippen LogP contribution in [0.1, 0.15) is 26.7 Å². The number of amides is 1. The van der Waals surface area contributed by atoms with Crippen LogP contribution in [0.2, 0.25) is 0 Å². The molecule has 1 amide bonds. The third kappa shape index (κ3) is 3.17. The highest BCUT2D eigenvalue weighted by Crippen LogP contribution is 2.20. The molecular weight excluding hydrogens is 199 g/mol. The van der Waals surface area contributed by atoms with Crippen LogP contribution in [0, 0.1) is 0 Å². The molecule has 0 bridgehead atoms. The van der Waals surface area contributed by atoms with Crippen molar-refractivity contribution in [3.63, 3.8) is 0 Å². The molecule has 0 unspecified atom stereocenters. The van der Waals surface area contributed by atoms with Crippen molar-refractivity contribution in [2.45, 2.75) is 38.4 Å². The Balaban J connectivity index is 4.54. The molecule has 0 fully saturated rings. The lowest BCUT2D eigenvalue weighted by Crippen LogP contribution is -2.54.